The summed E-state index contributed by atoms with van der Waals surface area (Å²) in [6, 6.07) is 0.547. The Hall–Kier alpha value is -2.71. The maximum atomic E-state index is 13.9. The van der Waals surface area contributed by atoms with Gasteiger partial charge in [0.05, 0.1) is 5.70 Å². The van der Waals surface area contributed by atoms with Crippen LogP contribution in [0.15, 0.2) is 51.4 Å². The zero-order valence-electron chi connectivity index (χ0n) is 23.5. The minimum atomic E-state index is 0.0453. The van der Waals surface area contributed by atoms with E-state index in [0.717, 1.165) is 88.5 Å². The van der Waals surface area contributed by atoms with E-state index in [1.165, 1.54) is 19.3 Å². The highest BCUT2D eigenvalue weighted by Gasteiger charge is 2.31. The van der Waals surface area contributed by atoms with Gasteiger partial charge in [-0.25, -0.2) is 0 Å². The summed E-state index contributed by atoms with van der Waals surface area (Å²) in [6.07, 6.45) is 15.8. The molecule has 1 aliphatic carbocycles. The molecule has 0 aromatic carbocycles. The van der Waals surface area contributed by atoms with Crippen molar-refractivity contribution in [3.05, 3.63) is 46.3 Å². The van der Waals surface area contributed by atoms with Crippen LogP contribution in [0.25, 0.3) is 0 Å². The lowest BCUT2D eigenvalue weighted by Gasteiger charge is -2.30. The Balaban J connectivity index is 1.57. The number of likely N-dealkylation sites (N-methyl/N-ethyl adjacent to an activating group) is 1. The summed E-state index contributed by atoms with van der Waals surface area (Å²) in [7, 11) is 1.88. The molecule has 1 unspecified atom stereocenters. The van der Waals surface area contributed by atoms with Gasteiger partial charge in [-0.3, -0.25) is 19.5 Å². The number of carbonyl (C=O) groups is 2. The van der Waals surface area contributed by atoms with Crippen LogP contribution in [0.4, 0.5) is 0 Å². The van der Waals surface area contributed by atoms with Gasteiger partial charge in [-0.2, -0.15) is 5.10 Å². The van der Waals surface area contributed by atoms with Crippen LogP contribution >= 0.6 is 0 Å². The maximum Gasteiger partial charge on any atom is 0.253 e. The molecule has 4 rings (SSSR count). The molecular weight excluding hydrogens is 478 g/mol. The molecule has 8 nitrogen and oxygen atoms in total. The number of allylic oxidation sites excluding steroid dienone is 3. The molecule has 8 heteroatoms. The highest BCUT2D eigenvalue weighted by molar-refractivity contribution is 5.97. The van der Waals surface area contributed by atoms with E-state index < -0.39 is 0 Å². The van der Waals surface area contributed by atoms with E-state index in [0.29, 0.717) is 29.5 Å². The van der Waals surface area contributed by atoms with Crippen LogP contribution in [0.3, 0.4) is 0 Å². The molecule has 1 atom stereocenters. The lowest BCUT2D eigenvalue weighted by molar-refractivity contribution is -0.126. The molecule has 0 aromatic heterocycles. The summed E-state index contributed by atoms with van der Waals surface area (Å²) in [6.45, 7) is 9.76. The molecule has 1 amide bonds. The number of amides is 1. The summed E-state index contributed by atoms with van der Waals surface area (Å²) in [5, 5.41) is 9.92. The molecule has 4 aliphatic rings. The summed E-state index contributed by atoms with van der Waals surface area (Å²) in [5.41, 5.74) is 3.86. The standard InChI is InChI=1S/C30H45N5O3/c1-4-24(30(37)34-15-7-14-33(16-17-34)26-8-6-18-38-19-12-26)20-27(28(5-2)31-3)29-25(22-36)11-13-32-35(29)21-23-9-10-23/h4-5,13,20,22-23,26,31H,6-12,14-19,21H2,1-3H3/b24-4-,27-20+,28-5+. The van der Waals surface area contributed by atoms with Crippen molar-refractivity contribution in [3.63, 3.8) is 0 Å². The van der Waals surface area contributed by atoms with Crippen molar-refractivity contribution in [1.29, 1.82) is 0 Å². The largest absolute Gasteiger partial charge is 0.388 e. The second-order valence-corrected chi connectivity index (χ2v) is 10.7. The van der Waals surface area contributed by atoms with Gasteiger partial charge in [-0.15, -0.1) is 0 Å². The highest BCUT2D eigenvalue weighted by Crippen LogP contribution is 2.35. The molecule has 0 spiro atoms. The molecule has 3 aliphatic heterocycles. The summed E-state index contributed by atoms with van der Waals surface area (Å²) in [4.78, 5) is 30.6. The Bertz CT molecular complexity index is 999. The number of nitrogens with one attached hydrogen (secondary N) is 1. The fourth-order valence-corrected chi connectivity index (χ4v) is 5.73. The van der Waals surface area contributed by atoms with Gasteiger partial charge in [0.1, 0.15) is 6.29 Å². The van der Waals surface area contributed by atoms with Crippen LogP contribution in [0.1, 0.15) is 58.8 Å². The smallest absolute Gasteiger partial charge is 0.253 e. The number of aldehydes is 1. The Morgan fingerprint density at radius 2 is 1.92 bits per heavy atom. The van der Waals surface area contributed by atoms with Crippen LogP contribution < -0.4 is 5.32 Å². The van der Waals surface area contributed by atoms with Crippen molar-refractivity contribution < 1.29 is 14.3 Å². The Morgan fingerprint density at radius 1 is 1.08 bits per heavy atom. The van der Waals surface area contributed by atoms with Gasteiger partial charge >= 0.3 is 0 Å². The molecule has 3 fully saturated rings. The van der Waals surface area contributed by atoms with Crippen LogP contribution in [0.2, 0.25) is 0 Å². The van der Waals surface area contributed by atoms with E-state index in [9.17, 15) is 9.59 Å². The minimum absolute atomic E-state index is 0.0453. The first-order chi connectivity index (χ1) is 18.6. The SMILES string of the molecule is C/C=C(/C=C(C1=C(C=O)CC=NN1CC1CC1)\C(=C/C)NC)C(=O)N1CCCN(C2CCCOCC2)CC1. The zero-order valence-corrected chi connectivity index (χ0v) is 23.5. The van der Waals surface area contributed by atoms with Crippen molar-refractivity contribution in [1.82, 2.24) is 20.1 Å². The van der Waals surface area contributed by atoms with E-state index in [2.05, 4.69) is 15.3 Å². The molecular formula is C30H45N5O3. The van der Waals surface area contributed by atoms with E-state index in [1.807, 2.05) is 55.2 Å². The number of rotatable bonds is 9. The fraction of sp³-hybridized carbons (Fsp3) is 0.633. The first-order valence-corrected chi connectivity index (χ1v) is 14.4. The molecule has 0 bridgehead atoms. The van der Waals surface area contributed by atoms with Crippen LogP contribution in [-0.2, 0) is 14.3 Å². The minimum Gasteiger partial charge on any atom is -0.388 e. The highest BCUT2D eigenvalue weighted by atomic mass is 16.5. The number of hydrogen-bond acceptors (Lipinski definition) is 7. The topological polar surface area (TPSA) is 77.5 Å². The Morgan fingerprint density at radius 3 is 2.63 bits per heavy atom. The molecule has 2 saturated heterocycles. The van der Waals surface area contributed by atoms with Crippen molar-refractivity contribution in [2.24, 2.45) is 11.0 Å². The molecule has 1 saturated carbocycles. The normalized spacial score (nSPS) is 24.8. The van der Waals surface area contributed by atoms with Crippen LogP contribution in [-0.4, -0.2) is 92.2 Å². The van der Waals surface area contributed by atoms with Crippen molar-refractivity contribution >= 4 is 18.4 Å². The van der Waals surface area contributed by atoms with E-state index in [1.54, 1.807) is 0 Å². The average molecular weight is 524 g/mol. The van der Waals surface area contributed by atoms with Gasteiger partial charge in [0, 0.05) is 94.1 Å². The maximum absolute atomic E-state index is 13.9. The second-order valence-electron chi connectivity index (χ2n) is 10.7. The lowest BCUT2D eigenvalue weighted by Crippen LogP contribution is -2.40. The number of hydrazone groups is 1. The molecule has 0 aromatic rings. The van der Waals surface area contributed by atoms with Crippen LogP contribution in [0, 0.1) is 5.92 Å². The first kappa shape index (κ1) is 28.3. The quantitative estimate of drug-likeness (QED) is 0.283. The van der Waals surface area contributed by atoms with Gasteiger partial charge in [0.25, 0.3) is 5.91 Å². The van der Waals surface area contributed by atoms with Gasteiger partial charge in [0.15, 0.2) is 0 Å². The van der Waals surface area contributed by atoms with E-state index >= 15 is 0 Å². The summed E-state index contributed by atoms with van der Waals surface area (Å²) >= 11 is 0. The first-order valence-electron chi connectivity index (χ1n) is 14.4. The third-order valence-electron chi connectivity index (χ3n) is 8.08. The van der Waals surface area contributed by atoms with Gasteiger partial charge in [-0.05, 0) is 64.4 Å². The van der Waals surface area contributed by atoms with Gasteiger partial charge in [-0.1, -0.05) is 12.2 Å². The number of carbonyl (C=O) groups excluding carboxylic acids is 2. The summed E-state index contributed by atoms with van der Waals surface area (Å²) in [5.74, 6) is 0.643. The van der Waals surface area contributed by atoms with E-state index in [4.69, 9.17) is 4.74 Å². The second kappa shape index (κ2) is 13.9. The van der Waals surface area contributed by atoms with Crippen molar-refractivity contribution in [2.75, 3.05) is 53.0 Å². The number of hydrogen-bond donors (Lipinski definition) is 1. The summed E-state index contributed by atoms with van der Waals surface area (Å²) < 4.78 is 5.67. The van der Waals surface area contributed by atoms with Gasteiger partial charge < -0.3 is 15.0 Å². The molecule has 208 valence electrons. The third-order valence-corrected chi connectivity index (χ3v) is 8.08. The van der Waals surface area contributed by atoms with Gasteiger partial charge in [0.2, 0.25) is 0 Å². The monoisotopic (exact) mass is 523 g/mol. The lowest BCUT2D eigenvalue weighted by atomic mass is 9.97. The Labute approximate surface area is 228 Å². The third kappa shape index (κ3) is 7.03. The van der Waals surface area contributed by atoms with Crippen molar-refractivity contribution in [3.8, 4) is 0 Å². The predicted octanol–water partition coefficient (Wildman–Crippen LogP) is 3.64. The molecule has 3 heterocycles. The molecule has 38 heavy (non-hydrogen) atoms. The van der Waals surface area contributed by atoms with Crippen LogP contribution in [0.5, 0.6) is 0 Å². The molecule has 1 N–H and O–H groups in total. The Kier molecular flexibility index (Phi) is 10.4. The number of ether oxygens (including phenoxy) is 1. The average Bonchev–Trinajstić information content (AvgIpc) is 3.79. The van der Waals surface area contributed by atoms with E-state index in [-0.39, 0.29) is 5.91 Å². The molecule has 0 radical (unpaired) electrons. The fourth-order valence-electron chi connectivity index (χ4n) is 5.73. The number of nitrogens with zero attached hydrogens (tertiary/aromatic N) is 4. The predicted molar refractivity (Wildman–Crippen MR) is 152 cm³/mol. The van der Waals surface area contributed by atoms with Crippen molar-refractivity contribution in [2.45, 2.75) is 64.8 Å². The zero-order chi connectivity index (χ0) is 26.9.